The molecule has 16 heteroatoms. The summed E-state index contributed by atoms with van der Waals surface area (Å²) in [7, 11) is 0. The third kappa shape index (κ3) is 6.43. The van der Waals surface area contributed by atoms with Crippen molar-refractivity contribution < 1.29 is 37.3 Å². The van der Waals surface area contributed by atoms with E-state index in [9.17, 15) is 22.8 Å². The van der Waals surface area contributed by atoms with Crippen LogP contribution in [0, 0.1) is 0 Å². The van der Waals surface area contributed by atoms with Crippen molar-refractivity contribution in [3.8, 4) is 17.1 Å². The number of morpholine rings is 1. The molecule has 0 saturated carbocycles. The molecule has 1 fully saturated rings. The van der Waals surface area contributed by atoms with Crippen LogP contribution in [0.25, 0.3) is 11.4 Å². The summed E-state index contributed by atoms with van der Waals surface area (Å²) in [5.41, 5.74) is 1.24. The average molecular weight is 589 g/mol. The lowest BCUT2D eigenvalue weighted by Crippen LogP contribution is -2.40. The number of hydrogen-bond acceptors (Lipinski definition) is 10. The van der Waals surface area contributed by atoms with Crippen LogP contribution < -0.4 is 25.2 Å². The standard InChI is InChI=1S/C26H27F3N8O5/c1-2-30-24(38)32-16-5-3-15(4-6-16)21-33-18-14-37(8-7-17(18)22(35-21)36-9-11-41-12-10-36)23-31-13-19(42-25(39)40)20(34-23)26(27,28)29/h3-6,13H,2,7-12,14H2,1H3,(H,39,40)(H2,30,32,38). The number of nitrogens with zero attached hydrogens (tertiary/aromatic N) is 6. The number of aromatic nitrogens is 4. The minimum atomic E-state index is -4.97. The summed E-state index contributed by atoms with van der Waals surface area (Å²) in [6.45, 7) is 4.96. The van der Waals surface area contributed by atoms with E-state index < -0.39 is 23.8 Å². The van der Waals surface area contributed by atoms with Crippen LogP contribution in [-0.2, 0) is 23.9 Å². The van der Waals surface area contributed by atoms with Gasteiger partial charge in [-0.25, -0.2) is 29.5 Å². The first-order chi connectivity index (χ1) is 20.1. The number of carbonyl (C=O) groups is 2. The van der Waals surface area contributed by atoms with E-state index in [1.807, 2.05) is 6.92 Å². The molecule has 0 unspecified atom stereocenters. The number of benzene rings is 1. The number of carboxylic acid groups (broad SMARTS) is 1. The summed E-state index contributed by atoms with van der Waals surface area (Å²) in [6.07, 6.45) is -5.75. The molecular formula is C26H27F3N8O5. The maximum atomic E-state index is 13.7. The van der Waals surface area contributed by atoms with Crippen LogP contribution >= 0.6 is 0 Å². The van der Waals surface area contributed by atoms with E-state index in [1.165, 1.54) is 0 Å². The summed E-state index contributed by atoms with van der Waals surface area (Å²) < 4.78 is 50.8. The van der Waals surface area contributed by atoms with Gasteiger partial charge in [-0.2, -0.15) is 13.2 Å². The lowest BCUT2D eigenvalue weighted by atomic mass is 10.0. The molecule has 0 radical (unpaired) electrons. The highest BCUT2D eigenvalue weighted by Crippen LogP contribution is 2.37. The summed E-state index contributed by atoms with van der Waals surface area (Å²) >= 11 is 0. The Morgan fingerprint density at radius 1 is 1.07 bits per heavy atom. The Morgan fingerprint density at radius 3 is 2.48 bits per heavy atom. The van der Waals surface area contributed by atoms with Crippen LogP contribution in [0.2, 0.25) is 0 Å². The van der Waals surface area contributed by atoms with Crippen molar-refractivity contribution in [2.75, 3.05) is 54.5 Å². The van der Waals surface area contributed by atoms with Crippen molar-refractivity contribution in [1.82, 2.24) is 25.3 Å². The fraction of sp³-hybridized carbons (Fsp3) is 0.385. The first-order valence-electron chi connectivity index (χ1n) is 13.1. The SMILES string of the molecule is CCNC(=O)Nc1ccc(-c2nc3c(c(N4CCOCC4)n2)CCN(c2ncc(OC(=O)O)c(C(F)(F)F)n2)C3)cc1. The van der Waals surface area contributed by atoms with Crippen molar-refractivity contribution in [1.29, 1.82) is 0 Å². The van der Waals surface area contributed by atoms with Crippen molar-refractivity contribution in [3.05, 3.63) is 47.4 Å². The number of rotatable bonds is 6. The van der Waals surface area contributed by atoms with Crippen LogP contribution in [-0.4, -0.2) is 76.6 Å². The van der Waals surface area contributed by atoms with Gasteiger partial charge in [-0.3, -0.25) is 0 Å². The summed E-state index contributed by atoms with van der Waals surface area (Å²) in [5.74, 6) is -0.103. The zero-order chi connectivity index (χ0) is 29.9. The predicted octanol–water partition coefficient (Wildman–Crippen LogP) is 3.55. The molecule has 4 heterocycles. The van der Waals surface area contributed by atoms with Crippen molar-refractivity contribution in [2.24, 2.45) is 0 Å². The maximum absolute atomic E-state index is 13.7. The first kappa shape index (κ1) is 28.8. The van der Waals surface area contributed by atoms with E-state index in [4.69, 9.17) is 19.8 Å². The third-order valence-electron chi connectivity index (χ3n) is 6.58. The number of alkyl halides is 3. The molecule has 3 aromatic rings. The number of anilines is 3. The van der Waals surface area contributed by atoms with Crippen molar-refractivity contribution >= 4 is 29.6 Å². The minimum absolute atomic E-state index is 0.0927. The molecular weight excluding hydrogens is 561 g/mol. The van der Waals surface area contributed by atoms with E-state index >= 15 is 0 Å². The molecule has 42 heavy (non-hydrogen) atoms. The molecule has 13 nitrogen and oxygen atoms in total. The normalized spacial score (nSPS) is 15.1. The van der Waals surface area contributed by atoms with Gasteiger partial charge in [0.2, 0.25) is 5.95 Å². The summed E-state index contributed by atoms with van der Waals surface area (Å²) in [4.78, 5) is 43.6. The number of halogens is 3. The fourth-order valence-corrected chi connectivity index (χ4v) is 4.67. The number of carbonyl (C=O) groups excluding carboxylic acids is 1. The van der Waals surface area contributed by atoms with E-state index in [2.05, 4.69) is 30.2 Å². The maximum Gasteiger partial charge on any atom is 0.511 e. The summed E-state index contributed by atoms with van der Waals surface area (Å²) in [5, 5.41) is 14.2. The molecule has 2 aliphatic heterocycles. The Labute approximate surface area is 237 Å². The minimum Gasteiger partial charge on any atom is -0.449 e. The molecule has 2 amide bonds. The Kier molecular flexibility index (Phi) is 8.24. The van der Waals surface area contributed by atoms with Crippen LogP contribution in [0.4, 0.5) is 40.2 Å². The van der Waals surface area contributed by atoms with Crippen molar-refractivity contribution in [2.45, 2.75) is 26.1 Å². The van der Waals surface area contributed by atoms with Gasteiger partial charge in [-0.15, -0.1) is 0 Å². The molecule has 0 bridgehead atoms. The van der Waals surface area contributed by atoms with E-state index in [-0.39, 0.29) is 25.1 Å². The molecule has 0 aliphatic carbocycles. The van der Waals surface area contributed by atoms with Crippen LogP contribution in [0.1, 0.15) is 23.9 Å². The molecule has 1 saturated heterocycles. The van der Waals surface area contributed by atoms with Gasteiger partial charge in [0.05, 0.1) is 31.6 Å². The van der Waals surface area contributed by atoms with Gasteiger partial charge in [0.15, 0.2) is 17.3 Å². The molecule has 222 valence electrons. The fourth-order valence-electron chi connectivity index (χ4n) is 4.67. The van der Waals surface area contributed by atoms with Gasteiger partial charge in [0.25, 0.3) is 0 Å². The van der Waals surface area contributed by atoms with Crippen molar-refractivity contribution in [3.63, 3.8) is 0 Å². The van der Waals surface area contributed by atoms with Gasteiger partial charge in [-0.05, 0) is 37.6 Å². The Hall–Kier alpha value is -4.73. The molecule has 2 aliphatic rings. The number of nitrogens with one attached hydrogen (secondary N) is 2. The molecule has 0 atom stereocenters. The predicted molar refractivity (Wildman–Crippen MR) is 144 cm³/mol. The van der Waals surface area contributed by atoms with Crippen LogP contribution in [0.5, 0.6) is 5.75 Å². The van der Waals surface area contributed by atoms with Gasteiger partial charge in [-0.1, -0.05) is 0 Å². The quantitative estimate of drug-likeness (QED) is 0.362. The topological polar surface area (TPSA) is 155 Å². The third-order valence-corrected chi connectivity index (χ3v) is 6.58. The Morgan fingerprint density at radius 2 is 1.81 bits per heavy atom. The smallest absolute Gasteiger partial charge is 0.449 e. The molecule has 3 N–H and O–H groups in total. The van der Waals surface area contributed by atoms with Gasteiger partial charge in [0.1, 0.15) is 5.82 Å². The Balaban J connectivity index is 1.48. The van der Waals surface area contributed by atoms with Crippen LogP contribution in [0.3, 0.4) is 0 Å². The number of fused-ring (bicyclic) bond motifs is 1. The highest BCUT2D eigenvalue weighted by atomic mass is 19.4. The molecule has 0 spiro atoms. The van der Waals surface area contributed by atoms with Gasteiger partial charge < -0.3 is 35.0 Å². The zero-order valence-electron chi connectivity index (χ0n) is 22.4. The lowest BCUT2D eigenvalue weighted by Gasteiger charge is -2.34. The highest BCUT2D eigenvalue weighted by molar-refractivity contribution is 5.89. The molecule has 5 rings (SSSR count). The van der Waals surface area contributed by atoms with Gasteiger partial charge in [0, 0.05) is 43.0 Å². The van der Waals surface area contributed by atoms with E-state index in [0.29, 0.717) is 68.2 Å². The number of urea groups is 1. The first-order valence-corrected chi connectivity index (χ1v) is 13.1. The second-order valence-electron chi connectivity index (χ2n) is 9.38. The number of ether oxygens (including phenoxy) is 2. The van der Waals surface area contributed by atoms with E-state index in [1.54, 1.807) is 29.2 Å². The Bertz CT molecular complexity index is 1470. The largest absolute Gasteiger partial charge is 0.511 e. The lowest BCUT2D eigenvalue weighted by molar-refractivity contribution is -0.142. The second kappa shape index (κ2) is 12.0. The zero-order valence-corrected chi connectivity index (χ0v) is 22.4. The number of hydrogen-bond donors (Lipinski definition) is 3. The number of amides is 2. The average Bonchev–Trinajstić information content (AvgIpc) is 2.96. The van der Waals surface area contributed by atoms with Gasteiger partial charge >= 0.3 is 18.4 Å². The molecule has 1 aromatic carbocycles. The summed E-state index contributed by atoms with van der Waals surface area (Å²) in [6, 6.07) is 6.66. The monoisotopic (exact) mass is 588 g/mol. The highest BCUT2D eigenvalue weighted by Gasteiger charge is 2.39. The second-order valence-corrected chi connectivity index (χ2v) is 9.38. The van der Waals surface area contributed by atoms with Crippen LogP contribution in [0.15, 0.2) is 30.5 Å². The molecule has 2 aromatic heterocycles. The van der Waals surface area contributed by atoms with E-state index in [0.717, 1.165) is 11.4 Å².